The van der Waals surface area contributed by atoms with E-state index in [2.05, 4.69) is 36.5 Å². The zero-order valence-corrected chi connectivity index (χ0v) is 15.9. The average Bonchev–Trinajstić information content (AvgIpc) is 3.06. The van der Waals surface area contributed by atoms with Gasteiger partial charge in [0.25, 0.3) is 0 Å². The Bertz CT molecular complexity index is 1320. The second kappa shape index (κ2) is 6.03. The lowest BCUT2D eigenvalue weighted by Gasteiger charge is -2.22. The molecule has 2 heterocycles. The molecule has 0 radical (unpaired) electrons. The Morgan fingerprint density at radius 1 is 1.04 bits per heavy atom. The molecule has 0 fully saturated rings. The van der Waals surface area contributed by atoms with E-state index in [-0.39, 0.29) is 5.78 Å². The number of ketones is 1. The van der Waals surface area contributed by atoms with Gasteiger partial charge >= 0.3 is 0 Å². The third-order valence-corrected chi connectivity index (χ3v) is 5.82. The van der Waals surface area contributed by atoms with Gasteiger partial charge in [-0.05, 0) is 55.5 Å². The number of Topliss-reactive ketones (excluding diaryl/α,β-unsaturated/α-hetero) is 1. The third kappa shape index (κ3) is 2.23. The first-order chi connectivity index (χ1) is 13.6. The summed E-state index contributed by atoms with van der Waals surface area (Å²) >= 11 is 0. The van der Waals surface area contributed by atoms with E-state index in [1.807, 2.05) is 30.3 Å². The second-order valence-electron chi connectivity index (χ2n) is 7.52. The van der Waals surface area contributed by atoms with Crippen LogP contribution in [-0.2, 0) is 6.42 Å². The van der Waals surface area contributed by atoms with Crippen LogP contribution in [0.2, 0.25) is 0 Å². The molecule has 2 aromatic heterocycles. The van der Waals surface area contributed by atoms with Crippen LogP contribution in [0.5, 0.6) is 0 Å². The molecule has 136 valence electrons. The SMILES string of the molecule is Cc1cc2nc3c(C#N)c(-c4ccccc4)c4c(n3c2cc1C)CCCC4=O. The fourth-order valence-electron chi connectivity index (χ4n) is 4.34. The molecule has 4 heteroatoms. The highest BCUT2D eigenvalue weighted by Crippen LogP contribution is 2.38. The van der Waals surface area contributed by atoms with Crippen LogP contribution < -0.4 is 0 Å². The lowest BCUT2D eigenvalue weighted by atomic mass is 9.85. The quantitative estimate of drug-likeness (QED) is 0.468. The molecule has 0 atom stereocenters. The summed E-state index contributed by atoms with van der Waals surface area (Å²) in [4.78, 5) is 17.9. The normalized spacial score (nSPS) is 13.7. The summed E-state index contributed by atoms with van der Waals surface area (Å²) in [6, 6.07) is 16.3. The Hall–Kier alpha value is -3.45. The summed E-state index contributed by atoms with van der Waals surface area (Å²) in [6.07, 6.45) is 2.15. The fraction of sp³-hybridized carbons (Fsp3) is 0.208. The van der Waals surface area contributed by atoms with E-state index in [1.165, 1.54) is 11.1 Å². The van der Waals surface area contributed by atoms with E-state index in [1.54, 1.807) is 0 Å². The zero-order valence-electron chi connectivity index (χ0n) is 15.9. The largest absolute Gasteiger partial charge is 0.295 e. The van der Waals surface area contributed by atoms with Gasteiger partial charge in [0.05, 0.1) is 11.0 Å². The van der Waals surface area contributed by atoms with Crippen molar-refractivity contribution in [2.75, 3.05) is 0 Å². The Morgan fingerprint density at radius 3 is 2.54 bits per heavy atom. The van der Waals surface area contributed by atoms with Gasteiger partial charge < -0.3 is 0 Å². The number of benzene rings is 2. The molecular formula is C24H19N3O. The highest BCUT2D eigenvalue weighted by molar-refractivity contribution is 6.07. The van der Waals surface area contributed by atoms with Crippen molar-refractivity contribution in [3.05, 3.63) is 70.4 Å². The van der Waals surface area contributed by atoms with Gasteiger partial charge in [0.1, 0.15) is 11.6 Å². The van der Waals surface area contributed by atoms with Gasteiger partial charge in [-0.2, -0.15) is 5.26 Å². The molecule has 2 aromatic carbocycles. The molecule has 5 rings (SSSR count). The molecule has 0 spiro atoms. The van der Waals surface area contributed by atoms with Crippen molar-refractivity contribution in [2.45, 2.75) is 33.1 Å². The predicted molar refractivity (Wildman–Crippen MR) is 110 cm³/mol. The van der Waals surface area contributed by atoms with Crippen molar-refractivity contribution in [2.24, 2.45) is 0 Å². The van der Waals surface area contributed by atoms with Crippen LogP contribution in [-0.4, -0.2) is 15.2 Å². The second-order valence-corrected chi connectivity index (χ2v) is 7.52. The van der Waals surface area contributed by atoms with Gasteiger partial charge in [0, 0.05) is 23.2 Å². The van der Waals surface area contributed by atoms with Gasteiger partial charge in [0.15, 0.2) is 11.4 Å². The van der Waals surface area contributed by atoms with Crippen LogP contribution in [0, 0.1) is 25.2 Å². The summed E-state index contributed by atoms with van der Waals surface area (Å²) in [6.45, 7) is 4.15. The first-order valence-corrected chi connectivity index (χ1v) is 9.57. The number of fused-ring (bicyclic) bond motifs is 5. The van der Waals surface area contributed by atoms with Crippen LogP contribution >= 0.6 is 0 Å². The number of imidazole rings is 1. The van der Waals surface area contributed by atoms with Crippen molar-refractivity contribution in [1.29, 1.82) is 5.26 Å². The van der Waals surface area contributed by atoms with E-state index in [4.69, 9.17) is 4.98 Å². The van der Waals surface area contributed by atoms with E-state index in [0.29, 0.717) is 23.2 Å². The fourth-order valence-corrected chi connectivity index (χ4v) is 4.34. The molecule has 0 bridgehead atoms. The number of pyridine rings is 1. The van der Waals surface area contributed by atoms with Gasteiger partial charge in [-0.1, -0.05) is 30.3 Å². The van der Waals surface area contributed by atoms with Gasteiger partial charge in [-0.15, -0.1) is 0 Å². The minimum atomic E-state index is 0.115. The molecule has 4 nitrogen and oxygen atoms in total. The van der Waals surface area contributed by atoms with Crippen molar-refractivity contribution in [1.82, 2.24) is 9.38 Å². The minimum absolute atomic E-state index is 0.115. The molecule has 1 aliphatic carbocycles. The Labute approximate surface area is 163 Å². The highest BCUT2D eigenvalue weighted by Gasteiger charge is 2.29. The maximum atomic E-state index is 13.0. The van der Waals surface area contributed by atoms with Crippen LogP contribution in [0.15, 0.2) is 42.5 Å². The van der Waals surface area contributed by atoms with Crippen LogP contribution in [0.25, 0.3) is 27.8 Å². The number of aryl methyl sites for hydroxylation is 3. The molecule has 0 unspecified atom stereocenters. The zero-order chi connectivity index (χ0) is 19.4. The number of rotatable bonds is 1. The van der Waals surface area contributed by atoms with E-state index < -0.39 is 0 Å². The summed E-state index contributed by atoms with van der Waals surface area (Å²) in [7, 11) is 0. The van der Waals surface area contributed by atoms with Crippen LogP contribution in [0.4, 0.5) is 0 Å². The number of carbonyl (C=O) groups is 1. The van der Waals surface area contributed by atoms with Crippen molar-refractivity contribution in [3.8, 4) is 17.2 Å². The van der Waals surface area contributed by atoms with Crippen LogP contribution in [0.1, 0.15) is 45.6 Å². The van der Waals surface area contributed by atoms with E-state index in [0.717, 1.165) is 40.7 Å². The smallest absolute Gasteiger partial charge is 0.165 e. The molecule has 4 aromatic rings. The summed E-state index contributed by atoms with van der Waals surface area (Å²) < 4.78 is 2.05. The van der Waals surface area contributed by atoms with Crippen molar-refractivity contribution in [3.63, 3.8) is 0 Å². The molecule has 0 saturated heterocycles. The van der Waals surface area contributed by atoms with Crippen molar-refractivity contribution >= 4 is 22.5 Å². The average molecular weight is 365 g/mol. The molecule has 0 amide bonds. The number of aromatic nitrogens is 2. The molecule has 28 heavy (non-hydrogen) atoms. The number of nitrogens with zero attached hydrogens (tertiary/aromatic N) is 3. The number of carbonyl (C=O) groups excluding carboxylic acids is 1. The minimum Gasteiger partial charge on any atom is -0.295 e. The Kier molecular flexibility index (Phi) is 3.60. The van der Waals surface area contributed by atoms with E-state index in [9.17, 15) is 10.1 Å². The highest BCUT2D eigenvalue weighted by atomic mass is 16.1. The summed E-state index contributed by atoms with van der Waals surface area (Å²) in [5.41, 5.74) is 8.62. The molecule has 0 saturated carbocycles. The maximum absolute atomic E-state index is 13.0. The molecule has 0 aliphatic heterocycles. The maximum Gasteiger partial charge on any atom is 0.165 e. The van der Waals surface area contributed by atoms with E-state index >= 15 is 0 Å². The monoisotopic (exact) mass is 365 g/mol. The number of hydrogen-bond acceptors (Lipinski definition) is 3. The van der Waals surface area contributed by atoms with Crippen LogP contribution in [0.3, 0.4) is 0 Å². The molecule has 1 aliphatic rings. The predicted octanol–water partition coefficient (Wildman–Crippen LogP) is 5.16. The lowest BCUT2D eigenvalue weighted by Crippen LogP contribution is -2.18. The first-order valence-electron chi connectivity index (χ1n) is 9.57. The standard InChI is InChI=1S/C24H19N3O/c1-14-11-18-20(12-15(14)2)27-19-9-6-10-21(28)23(19)22(16-7-4-3-5-8-16)17(13-25)24(27)26-18/h3-5,7-8,11-12H,6,9-10H2,1-2H3. The van der Waals surface area contributed by atoms with Gasteiger partial charge in [0.2, 0.25) is 0 Å². The third-order valence-electron chi connectivity index (χ3n) is 5.82. The Morgan fingerprint density at radius 2 is 1.79 bits per heavy atom. The van der Waals surface area contributed by atoms with Gasteiger partial charge in [-0.3, -0.25) is 9.20 Å². The first kappa shape index (κ1) is 16.7. The Balaban J connectivity index is 2.04. The molecular weight excluding hydrogens is 346 g/mol. The summed E-state index contributed by atoms with van der Waals surface area (Å²) in [5, 5.41) is 10.1. The lowest BCUT2D eigenvalue weighted by molar-refractivity contribution is 0.0972. The topological polar surface area (TPSA) is 58.2 Å². The van der Waals surface area contributed by atoms with Gasteiger partial charge in [-0.25, -0.2) is 4.98 Å². The number of hydrogen-bond donors (Lipinski definition) is 0. The molecule has 0 N–H and O–H groups in total. The van der Waals surface area contributed by atoms with Crippen molar-refractivity contribution < 1.29 is 4.79 Å². The summed E-state index contributed by atoms with van der Waals surface area (Å²) in [5.74, 6) is 0.115. The number of nitriles is 1.